The Morgan fingerprint density at radius 3 is 2.52 bits per heavy atom. The SMILES string of the molecule is COc1cccc(N2CC3(CCN(c4ccc(O)cc4)CC3)OCC2=O)c1. The molecule has 2 aliphatic heterocycles. The number of nitrogens with zero attached hydrogens (tertiary/aromatic N) is 2. The highest BCUT2D eigenvalue weighted by Crippen LogP contribution is 2.35. The second kappa shape index (κ2) is 7.12. The Bertz CT molecular complexity index is 813. The van der Waals surface area contributed by atoms with Crippen LogP contribution in [0.5, 0.6) is 11.5 Å². The molecule has 0 unspecified atom stereocenters. The van der Waals surface area contributed by atoms with E-state index in [1.54, 1.807) is 19.2 Å². The number of anilines is 2. The van der Waals surface area contributed by atoms with E-state index in [1.807, 2.05) is 41.3 Å². The lowest BCUT2D eigenvalue weighted by Crippen LogP contribution is -2.59. The number of amides is 1. The number of piperidine rings is 1. The van der Waals surface area contributed by atoms with E-state index in [4.69, 9.17) is 9.47 Å². The molecule has 6 nitrogen and oxygen atoms in total. The van der Waals surface area contributed by atoms with Crippen molar-refractivity contribution in [1.29, 1.82) is 0 Å². The van der Waals surface area contributed by atoms with E-state index in [2.05, 4.69) is 4.90 Å². The van der Waals surface area contributed by atoms with Gasteiger partial charge in [-0.3, -0.25) is 4.79 Å². The Kier molecular flexibility index (Phi) is 4.66. The van der Waals surface area contributed by atoms with Crippen LogP contribution in [0, 0.1) is 0 Å². The Morgan fingerprint density at radius 2 is 1.81 bits per heavy atom. The maximum Gasteiger partial charge on any atom is 0.253 e. The van der Waals surface area contributed by atoms with Gasteiger partial charge in [-0.2, -0.15) is 0 Å². The van der Waals surface area contributed by atoms with Gasteiger partial charge in [0.25, 0.3) is 5.91 Å². The number of hydrogen-bond acceptors (Lipinski definition) is 5. The van der Waals surface area contributed by atoms with Crippen LogP contribution in [0.15, 0.2) is 48.5 Å². The summed E-state index contributed by atoms with van der Waals surface area (Å²) in [5.74, 6) is 0.994. The molecule has 0 atom stereocenters. The monoisotopic (exact) mass is 368 g/mol. The van der Waals surface area contributed by atoms with Gasteiger partial charge in [0, 0.05) is 30.5 Å². The summed E-state index contributed by atoms with van der Waals surface area (Å²) in [6, 6.07) is 14.9. The number of morpholine rings is 1. The molecule has 2 aliphatic rings. The number of phenols is 1. The Labute approximate surface area is 158 Å². The van der Waals surface area contributed by atoms with E-state index in [9.17, 15) is 9.90 Å². The Hall–Kier alpha value is -2.73. The second-order valence-electron chi connectivity index (χ2n) is 7.16. The maximum atomic E-state index is 12.5. The van der Waals surface area contributed by atoms with Crippen molar-refractivity contribution in [2.45, 2.75) is 18.4 Å². The van der Waals surface area contributed by atoms with Crippen molar-refractivity contribution >= 4 is 17.3 Å². The number of benzene rings is 2. The predicted molar refractivity (Wildman–Crippen MR) is 104 cm³/mol. The molecular weight excluding hydrogens is 344 g/mol. The third kappa shape index (κ3) is 3.57. The van der Waals surface area contributed by atoms with Gasteiger partial charge in [0.1, 0.15) is 18.1 Å². The smallest absolute Gasteiger partial charge is 0.253 e. The van der Waals surface area contributed by atoms with Crippen molar-refractivity contribution in [2.24, 2.45) is 0 Å². The largest absolute Gasteiger partial charge is 0.508 e. The molecule has 2 aromatic rings. The van der Waals surface area contributed by atoms with E-state index in [0.717, 1.165) is 43.1 Å². The number of methoxy groups -OCH3 is 1. The first-order valence-corrected chi connectivity index (χ1v) is 9.21. The fraction of sp³-hybridized carbons (Fsp3) is 0.381. The van der Waals surface area contributed by atoms with Crippen LogP contribution in [-0.2, 0) is 9.53 Å². The van der Waals surface area contributed by atoms with Gasteiger partial charge in [0.05, 0.1) is 19.3 Å². The highest BCUT2D eigenvalue weighted by molar-refractivity contribution is 5.95. The quantitative estimate of drug-likeness (QED) is 0.903. The first kappa shape index (κ1) is 17.7. The molecule has 2 heterocycles. The maximum absolute atomic E-state index is 12.5. The van der Waals surface area contributed by atoms with Crippen LogP contribution >= 0.6 is 0 Å². The third-order valence-electron chi connectivity index (χ3n) is 5.50. The van der Waals surface area contributed by atoms with Crippen LogP contribution in [0.1, 0.15) is 12.8 Å². The fourth-order valence-corrected chi connectivity index (χ4v) is 3.87. The summed E-state index contributed by atoms with van der Waals surface area (Å²) in [6.45, 7) is 2.37. The summed E-state index contributed by atoms with van der Waals surface area (Å²) in [6.07, 6.45) is 1.70. The summed E-state index contributed by atoms with van der Waals surface area (Å²) in [5, 5.41) is 9.47. The second-order valence-corrected chi connectivity index (χ2v) is 7.16. The minimum absolute atomic E-state index is 0.0187. The minimum atomic E-state index is -0.315. The lowest BCUT2D eigenvalue weighted by Gasteiger charge is -2.47. The molecule has 4 rings (SSSR count). The van der Waals surface area contributed by atoms with Crippen molar-refractivity contribution in [2.75, 3.05) is 43.2 Å². The van der Waals surface area contributed by atoms with Crippen molar-refractivity contribution in [1.82, 2.24) is 0 Å². The molecule has 27 heavy (non-hydrogen) atoms. The molecule has 0 radical (unpaired) electrons. The summed E-state index contributed by atoms with van der Waals surface area (Å²) in [4.78, 5) is 16.6. The first-order valence-electron chi connectivity index (χ1n) is 9.21. The van der Waals surface area contributed by atoms with Crippen molar-refractivity contribution in [3.8, 4) is 11.5 Å². The molecule has 0 bridgehead atoms. The van der Waals surface area contributed by atoms with Crippen LogP contribution in [-0.4, -0.2) is 50.0 Å². The lowest BCUT2D eigenvalue weighted by molar-refractivity contribution is -0.141. The van der Waals surface area contributed by atoms with E-state index < -0.39 is 0 Å². The molecule has 0 aliphatic carbocycles. The van der Waals surface area contributed by atoms with Gasteiger partial charge in [-0.15, -0.1) is 0 Å². The fourth-order valence-electron chi connectivity index (χ4n) is 3.87. The standard InChI is InChI=1S/C21H24N2O4/c1-26-19-4-2-3-17(13-19)23-15-21(27-14-20(23)25)9-11-22(12-10-21)16-5-7-18(24)8-6-16/h2-8,13,24H,9-12,14-15H2,1H3. The van der Waals surface area contributed by atoms with Crippen LogP contribution < -0.4 is 14.5 Å². The number of aromatic hydroxyl groups is 1. The van der Waals surface area contributed by atoms with Gasteiger partial charge in [-0.05, 0) is 49.2 Å². The molecular formula is C21H24N2O4. The summed E-state index contributed by atoms with van der Waals surface area (Å²) in [5.41, 5.74) is 1.63. The molecule has 0 saturated carbocycles. The molecule has 1 amide bonds. The van der Waals surface area contributed by atoms with E-state index in [1.165, 1.54) is 0 Å². The van der Waals surface area contributed by atoms with Crippen LogP contribution in [0.3, 0.4) is 0 Å². The van der Waals surface area contributed by atoms with Gasteiger partial charge in [0.15, 0.2) is 0 Å². The highest BCUT2D eigenvalue weighted by Gasteiger charge is 2.42. The van der Waals surface area contributed by atoms with Crippen LogP contribution in [0.2, 0.25) is 0 Å². The number of phenolic OH excluding ortho intramolecular Hbond substituents is 1. The Morgan fingerprint density at radius 1 is 1.07 bits per heavy atom. The zero-order valence-corrected chi connectivity index (χ0v) is 15.4. The van der Waals surface area contributed by atoms with Gasteiger partial charge in [-0.25, -0.2) is 0 Å². The Balaban J connectivity index is 1.48. The summed E-state index contributed by atoms with van der Waals surface area (Å²) >= 11 is 0. The number of carbonyl (C=O) groups excluding carboxylic acids is 1. The average molecular weight is 368 g/mol. The van der Waals surface area contributed by atoms with Crippen LogP contribution in [0.25, 0.3) is 0 Å². The number of carbonyl (C=O) groups is 1. The van der Waals surface area contributed by atoms with E-state index >= 15 is 0 Å². The zero-order valence-electron chi connectivity index (χ0n) is 15.4. The van der Waals surface area contributed by atoms with Crippen molar-refractivity contribution in [3.05, 3.63) is 48.5 Å². The van der Waals surface area contributed by atoms with Crippen molar-refractivity contribution in [3.63, 3.8) is 0 Å². The minimum Gasteiger partial charge on any atom is -0.508 e. The number of rotatable bonds is 3. The highest BCUT2D eigenvalue weighted by atomic mass is 16.5. The topological polar surface area (TPSA) is 62.2 Å². The van der Waals surface area contributed by atoms with Crippen molar-refractivity contribution < 1.29 is 19.4 Å². The molecule has 2 fully saturated rings. The van der Waals surface area contributed by atoms with Crippen LogP contribution in [0.4, 0.5) is 11.4 Å². The van der Waals surface area contributed by atoms with Gasteiger partial charge in [0.2, 0.25) is 0 Å². The molecule has 1 spiro atoms. The van der Waals surface area contributed by atoms with Gasteiger partial charge < -0.3 is 24.4 Å². The molecule has 142 valence electrons. The molecule has 2 aromatic carbocycles. The zero-order chi connectivity index (χ0) is 18.9. The lowest BCUT2D eigenvalue weighted by atomic mass is 9.88. The average Bonchev–Trinajstić information content (AvgIpc) is 2.71. The number of hydrogen-bond donors (Lipinski definition) is 1. The van der Waals surface area contributed by atoms with Gasteiger partial charge >= 0.3 is 0 Å². The predicted octanol–water partition coefficient (Wildman–Crippen LogP) is 2.80. The molecule has 0 aromatic heterocycles. The van der Waals surface area contributed by atoms with Gasteiger partial charge in [-0.1, -0.05) is 6.07 Å². The summed E-state index contributed by atoms with van der Waals surface area (Å²) < 4.78 is 11.3. The van der Waals surface area contributed by atoms with E-state index in [-0.39, 0.29) is 23.9 Å². The first-order chi connectivity index (χ1) is 13.1. The normalized spacial score (nSPS) is 19.4. The summed E-state index contributed by atoms with van der Waals surface area (Å²) in [7, 11) is 1.63. The van der Waals surface area contributed by atoms with E-state index in [0.29, 0.717) is 6.54 Å². The molecule has 2 saturated heterocycles. The third-order valence-corrected chi connectivity index (χ3v) is 5.50. The number of ether oxygens (including phenoxy) is 2. The molecule has 6 heteroatoms. The molecule has 1 N–H and O–H groups in total.